The number of anilines is 1. The van der Waals surface area contributed by atoms with E-state index < -0.39 is 12.0 Å². The number of urea groups is 1. The number of hydrogen-bond acceptors (Lipinski definition) is 3. The molecule has 17 heavy (non-hydrogen) atoms. The van der Waals surface area contributed by atoms with Crippen molar-refractivity contribution in [3.63, 3.8) is 0 Å². The number of nitrogens with zero attached hydrogens (tertiary/aromatic N) is 1. The Morgan fingerprint density at radius 3 is 2.47 bits per heavy atom. The number of aromatic carboxylic acids is 1. The third-order valence-electron chi connectivity index (χ3n) is 1.73. The number of nitrogens with one attached hydrogen (secondary N) is 2. The summed E-state index contributed by atoms with van der Waals surface area (Å²) in [5, 5.41) is 12.9. The minimum absolute atomic E-state index is 0.0968. The molecule has 2 amide bonds. The number of carbonyl (C=O) groups is 2. The first-order valence-electron chi connectivity index (χ1n) is 4.67. The van der Waals surface area contributed by atoms with Gasteiger partial charge < -0.3 is 10.4 Å². The minimum atomic E-state index is -1.05. The molecule has 0 atom stereocenters. The highest BCUT2D eigenvalue weighted by Gasteiger charge is 2.08. The fraction of sp³-hybridized carbons (Fsp3) is 0.200. The van der Waals surface area contributed by atoms with Crippen molar-refractivity contribution in [2.24, 2.45) is 0 Å². The largest absolute Gasteiger partial charge is 0.478 e. The molecule has 0 aliphatic rings. The van der Waals surface area contributed by atoms with E-state index in [1.54, 1.807) is 20.2 Å². The lowest BCUT2D eigenvalue weighted by Crippen LogP contribution is -2.39. The number of hydrazine groups is 1. The van der Waals surface area contributed by atoms with E-state index in [1.807, 2.05) is 0 Å². The normalized spacial score (nSPS) is 10.1. The summed E-state index contributed by atoms with van der Waals surface area (Å²) in [4.78, 5) is 22.2. The number of rotatable bonds is 3. The standard InChI is InChI=1S/C10H12BrN3O3/c1-14(2)13-10(17)12-8-4-6(9(15)16)3-7(11)5-8/h3-5H,1-2H3,(H,15,16)(H2,12,13,17). The molecule has 6 nitrogen and oxygen atoms in total. The predicted octanol–water partition coefficient (Wildman–Crippen LogP) is 1.75. The van der Waals surface area contributed by atoms with Gasteiger partial charge in [-0.3, -0.25) is 5.43 Å². The Morgan fingerprint density at radius 1 is 1.29 bits per heavy atom. The van der Waals surface area contributed by atoms with E-state index in [2.05, 4.69) is 26.7 Å². The van der Waals surface area contributed by atoms with Crippen molar-refractivity contribution in [2.75, 3.05) is 19.4 Å². The van der Waals surface area contributed by atoms with Crippen LogP contribution in [-0.4, -0.2) is 36.2 Å². The van der Waals surface area contributed by atoms with Crippen LogP contribution >= 0.6 is 15.9 Å². The first kappa shape index (κ1) is 13.5. The first-order chi connectivity index (χ1) is 7.88. The van der Waals surface area contributed by atoms with Gasteiger partial charge in [0.25, 0.3) is 0 Å². The first-order valence-corrected chi connectivity index (χ1v) is 5.46. The summed E-state index contributed by atoms with van der Waals surface area (Å²) in [6, 6.07) is 4.01. The summed E-state index contributed by atoms with van der Waals surface area (Å²) in [7, 11) is 3.34. The Morgan fingerprint density at radius 2 is 1.94 bits per heavy atom. The molecule has 0 radical (unpaired) electrons. The molecule has 0 aliphatic carbocycles. The topological polar surface area (TPSA) is 81.7 Å². The van der Waals surface area contributed by atoms with Crippen LogP contribution in [0.15, 0.2) is 22.7 Å². The van der Waals surface area contributed by atoms with E-state index in [1.165, 1.54) is 17.1 Å². The molecular weight excluding hydrogens is 290 g/mol. The lowest BCUT2D eigenvalue weighted by molar-refractivity contribution is 0.0697. The van der Waals surface area contributed by atoms with Gasteiger partial charge in [-0.15, -0.1) is 0 Å². The smallest absolute Gasteiger partial charge is 0.335 e. The molecular formula is C10H12BrN3O3. The average Bonchev–Trinajstić information content (AvgIpc) is 2.14. The third-order valence-corrected chi connectivity index (χ3v) is 2.19. The number of carboxylic acids is 1. The molecule has 0 saturated heterocycles. The number of carboxylic acid groups (broad SMARTS) is 1. The summed E-state index contributed by atoms with van der Waals surface area (Å²) in [6.07, 6.45) is 0. The summed E-state index contributed by atoms with van der Waals surface area (Å²) < 4.78 is 0.581. The molecule has 1 aromatic rings. The summed E-state index contributed by atoms with van der Waals surface area (Å²) in [6.45, 7) is 0. The maximum Gasteiger partial charge on any atom is 0.335 e. The van der Waals surface area contributed by atoms with Crippen LogP contribution in [0.2, 0.25) is 0 Å². The van der Waals surface area contributed by atoms with Crippen molar-refractivity contribution >= 4 is 33.6 Å². The molecule has 0 unspecified atom stereocenters. The zero-order valence-corrected chi connectivity index (χ0v) is 10.9. The maximum absolute atomic E-state index is 11.4. The molecule has 0 bridgehead atoms. The Bertz CT molecular complexity index is 448. The van der Waals surface area contributed by atoms with Crippen LogP contribution in [0.4, 0.5) is 10.5 Å². The van der Waals surface area contributed by atoms with Gasteiger partial charge in [0.1, 0.15) is 0 Å². The minimum Gasteiger partial charge on any atom is -0.478 e. The number of amides is 2. The lowest BCUT2D eigenvalue weighted by Gasteiger charge is -2.13. The second-order valence-corrected chi connectivity index (χ2v) is 4.41. The monoisotopic (exact) mass is 301 g/mol. The van der Waals surface area contributed by atoms with Crippen LogP contribution in [0.1, 0.15) is 10.4 Å². The molecule has 0 aromatic heterocycles. The van der Waals surface area contributed by atoms with Gasteiger partial charge in [0.2, 0.25) is 0 Å². The second-order valence-electron chi connectivity index (χ2n) is 3.49. The van der Waals surface area contributed by atoms with E-state index in [0.717, 1.165) is 0 Å². The van der Waals surface area contributed by atoms with E-state index in [-0.39, 0.29) is 5.56 Å². The molecule has 1 aromatic carbocycles. The van der Waals surface area contributed by atoms with Gasteiger partial charge in [0.15, 0.2) is 0 Å². The summed E-state index contributed by atoms with van der Waals surface area (Å²) in [5.74, 6) is -1.05. The molecule has 0 saturated carbocycles. The zero-order valence-electron chi connectivity index (χ0n) is 9.32. The van der Waals surface area contributed by atoms with Crippen molar-refractivity contribution in [1.29, 1.82) is 0 Å². The van der Waals surface area contributed by atoms with Gasteiger partial charge in [0.05, 0.1) is 5.56 Å². The quantitative estimate of drug-likeness (QED) is 0.743. The van der Waals surface area contributed by atoms with Crippen LogP contribution < -0.4 is 10.7 Å². The van der Waals surface area contributed by atoms with Crippen molar-refractivity contribution in [3.05, 3.63) is 28.2 Å². The SMILES string of the molecule is CN(C)NC(=O)Nc1cc(Br)cc(C(=O)O)c1. The van der Waals surface area contributed by atoms with Gasteiger partial charge >= 0.3 is 12.0 Å². The molecule has 7 heteroatoms. The fourth-order valence-corrected chi connectivity index (χ4v) is 1.64. The number of hydrogen-bond donors (Lipinski definition) is 3. The Kier molecular flexibility index (Phi) is 4.47. The van der Waals surface area contributed by atoms with E-state index >= 15 is 0 Å². The Labute approximate surface area is 107 Å². The Balaban J connectivity index is 2.84. The number of benzene rings is 1. The molecule has 0 aliphatic heterocycles. The van der Waals surface area contributed by atoms with Gasteiger partial charge in [-0.05, 0) is 18.2 Å². The zero-order chi connectivity index (χ0) is 13.0. The van der Waals surface area contributed by atoms with Gasteiger partial charge in [0, 0.05) is 24.3 Å². The van der Waals surface area contributed by atoms with Crippen LogP contribution in [0.3, 0.4) is 0 Å². The molecule has 0 fully saturated rings. The van der Waals surface area contributed by atoms with E-state index in [0.29, 0.717) is 10.2 Å². The summed E-state index contributed by atoms with van der Waals surface area (Å²) >= 11 is 3.18. The van der Waals surface area contributed by atoms with Gasteiger partial charge in [-0.25, -0.2) is 14.6 Å². The van der Waals surface area contributed by atoms with Crippen molar-refractivity contribution < 1.29 is 14.7 Å². The van der Waals surface area contributed by atoms with Gasteiger partial charge in [-0.1, -0.05) is 15.9 Å². The van der Waals surface area contributed by atoms with Crippen LogP contribution in [-0.2, 0) is 0 Å². The lowest BCUT2D eigenvalue weighted by atomic mass is 10.2. The molecule has 0 spiro atoms. The molecule has 3 N–H and O–H groups in total. The summed E-state index contributed by atoms with van der Waals surface area (Å²) in [5.41, 5.74) is 2.98. The van der Waals surface area contributed by atoms with Crippen LogP contribution in [0.25, 0.3) is 0 Å². The average molecular weight is 302 g/mol. The predicted molar refractivity (Wildman–Crippen MR) is 66.9 cm³/mol. The number of halogens is 1. The molecule has 1 rings (SSSR count). The van der Waals surface area contributed by atoms with Crippen LogP contribution in [0, 0.1) is 0 Å². The highest BCUT2D eigenvalue weighted by molar-refractivity contribution is 9.10. The highest BCUT2D eigenvalue weighted by atomic mass is 79.9. The van der Waals surface area contributed by atoms with Crippen molar-refractivity contribution in [1.82, 2.24) is 10.4 Å². The number of carbonyl (C=O) groups excluding carboxylic acids is 1. The fourth-order valence-electron chi connectivity index (χ4n) is 1.15. The van der Waals surface area contributed by atoms with Crippen molar-refractivity contribution in [3.8, 4) is 0 Å². The van der Waals surface area contributed by atoms with E-state index in [4.69, 9.17) is 5.11 Å². The molecule has 0 heterocycles. The van der Waals surface area contributed by atoms with E-state index in [9.17, 15) is 9.59 Å². The second kappa shape index (κ2) is 5.65. The maximum atomic E-state index is 11.4. The third kappa shape index (κ3) is 4.41. The van der Waals surface area contributed by atoms with Crippen LogP contribution in [0.5, 0.6) is 0 Å². The van der Waals surface area contributed by atoms with Crippen molar-refractivity contribution in [2.45, 2.75) is 0 Å². The molecule has 92 valence electrons. The van der Waals surface area contributed by atoms with Gasteiger partial charge in [-0.2, -0.15) is 0 Å². The highest BCUT2D eigenvalue weighted by Crippen LogP contribution is 2.19. The Hall–Kier alpha value is -1.60.